The van der Waals surface area contributed by atoms with Crippen molar-refractivity contribution in [1.82, 2.24) is 0 Å². The van der Waals surface area contributed by atoms with Crippen LogP contribution in [0.1, 0.15) is 39.5 Å². The van der Waals surface area contributed by atoms with Crippen LogP contribution in [0, 0.1) is 11.3 Å². The van der Waals surface area contributed by atoms with Gasteiger partial charge in [0.25, 0.3) is 0 Å². The Kier molecular flexibility index (Phi) is 3.31. The lowest BCUT2D eigenvalue weighted by molar-refractivity contribution is -0.0679. The molecule has 8 heteroatoms. The lowest BCUT2D eigenvalue weighted by Gasteiger charge is -2.54. The average Bonchev–Trinajstić information content (AvgIpc) is 2.24. The van der Waals surface area contributed by atoms with E-state index < -0.39 is 26.6 Å². The predicted octanol–water partition coefficient (Wildman–Crippen LogP) is 3.19. The van der Waals surface area contributed by atoms with E-state index in [0.717, 1.165) is 0 Å². The van der Waals surface area contributed by atoms with Crippen LogP contribution in [0.15, 0.2) is 0 Å². The lowest BCUT2D eigenvalue weighted by atomic mass is 9.55. The molecule has 3 rings (SSSR count). The molecule has 110 valence electrons. The summed E-state index contributed by atoms with van der Waals surface area (Å²) in [4.78, 5) is 0.301. The summed E-state index contributed by atoms with van der Waals surface area (Å²) >= 11 is 5.24. The molecule has 3 nitrogen and oxygen atoms in total. The van der Waals surface area contributed by atoms with Crippen molar-refractivity contribution >= 4 is 27.2 Å². The van der Waals surface area contributed by atoms with Crippen molar-refractivity contribution < 1.29 is 25.8 Å². The molecule has 0 heterocycles. The standard InChI is InChI=1S/C11H15F3O3S2/c1-9(2)7-3-5-10(6-4-7,8(9)18)17-19(15,16)11(12,13)14/h7H,3-6H2,1-2H3. The summed E-state index contributed by atoms with van der Waals surface area (Å²) in [5, 5.41) is 0. The summed E-state index contributed by atoms with van der Waals surface area (Å²) in [6.45, 7) is 3.69. The Morgan fingerprint density at radius 1 is 1.26 bits per heavy atom. The highest BCUT2D eigenvalue weighted by molar-refractivity contribution is 7.87. The summed E-state index contributed by atoms with van der Waals surface area (Å²) in [5.41, 5.74) is -7.33. The molecule has 0 aromatic carbocycles. The quantitative estimate of drug-likeness (QED) is 0.446. The minimum absolute atomic E-state index is 0.245. The minimum Gasteiger partial charge on any atom is -0.251 e. The number of alkyl halides is 3. The molecular formula is C11H15F3O3S2. The fraction of sp³-hybridized carbons (Fsp3) is 0.909. The van der Waals surface area contributed by atoms with E-state index in [1.807, 2.05) is 13.8 Å². The van der Waals surface area contributed by atoms with Gasteiger partial charge in [-0.3, -0.25) is 4.18 Å². The first-order chi connectivity index (χ1) is 8.42. The normalized spacial score (nSPS) is 34.6. The molecule has 0 spiro atoms. The van der Waals surface area contributed by atoms with E-state index in [0.29, 0.717) is 23.6 Å². The maximum absolute atomic E-state index is 12.5. The van der Waals surface area contributed by atoms with Gasteiger partial charge in [0.15, 0.2) is 0 Å². The van der Waals surface area contributed by atoms with Gasteiger partial charge in [0.1, 0.15) is 5.60 Å². The molecule has 0 aromatic rings. The van der Waals surface area contributed by atoms with Crippen LogP contribution in [0.2, 0.25) is 0 Å². The molecule has 19 heavy (non-hydrogen) atoms. The second-order valence-electron chi connectivity index (χ2n) is 5.80. The zero-order valence-corrected chi connectivity index (χ0v) is 12.2. The third-order valence-corrected chi connectivity index (χ3v) is 6.37. The van der Waals surface area contributed by atoms with Crippen molar-refractivity contribution in [3.63, 3.8) is 0 Å². The van der Waals surface area contributed by atoms with Crippen LogP contribution < -0.4 is 0 Å². The second-order valence-corrected chi connectivity index (χ2v) is 7.75. The monoisotopic (exact) mass is 316 g/mol. The van der Waals surface area contributed by atoms with Crippen molar-refractivity contribution in [2.45, 2.75) is 50.6 Å². The van der Waals surface area contributed by atoms with Crippen LogP contribution >= 0.6 is 12.2 Å². The summed E-state index contributed by atoms with van der Waals surface area (Å²) in [6.07, 6.45) is 1.77. The molecule has 0 amide bonds. The van der Waals surface area contributed by atoms with E-state index in [9.17, 15) is 21.6 Å². The number of thiocarbonyl (C=S) groups is 1. The fourth-order valence-electron chi connectivity index (χ4n) is 3.18. The van der Waals surface area contributed by atoms with E-state index in [1.54, 1.807) is 0 Å². The highest BCUT2D eigenvalue weighted by Gasteiger charge is 2.60. The first kappa shape index (κ1) is 15.2. The SMILES string of the molecule is CC1(C)C(=S)C2(OS(=O)(=O)C(F)(F)F)CCC1CC2. The summed E-state index contributed by atoms with van der Waals surface area (Å²) in [7, 11) is -5.61. The van der Waals surface area contributed by atoms with E-state index in [1.165, 1.54) is 0 Å². The van der Waals surface area contributed by atoms with E-state index >= 15 is 0 Å². The van der Waals surface area contributed by atoms with Gasteiger partial charge in [-0.1, -0.05) is 26.1 Å². The molecule has 3 saturated carbocycles. The molecule has 0 radical (unpaired) electrons. The Bertz CT molecular complexity index is 500. The first-order valence-electron chi connectivity index (χ1n) is 5.99. The summed E-state index contributed by atoms with van der Waals surface area (Å²) in [5.74, 6) is 0.291. The van der Waals surface area contributed by atoms with Crippen LogP contribution in [-0.4, -0.2) is 24.4 Å². The van der Waals surface area contributed by atoms with Crippen molar-refractivity contribution in [2.24, 2.45) is 11.3 Å². The number of halogens is 3. The topological polar surface area (TPSA) is 43.4 Å². The average molecular weight is 316 g/mol. The largest absolute Gasteiger partial charge is 0.523 e. The molecule has 0 unspecified atom stereocenters. The smallest absolute Gasteiger partial charge is 0.251 e. The lowest BCUT2D eigenvalue weighted by Crippen LogP contribution is -2.59. The van der Waals surface area contributed by atoms with Gasteiger partial charge >= 0.3 is 15.6 Å². The Balaban J connectivity index is 2.36. The van der Waals surface area contributed by atoms with Crippen molar-refractivity contribution in [1.29, 1.82) is 0 Å². The van der Waals surface area contributed by atoms with Gasteiger partial charge in [-0.05, 0) is 31.6 Å². The van der Waals surface area contributed by atoms with Crippen LogP contribution in [0.25, 0.3) is 0 Å². The van der Waals surface area contributed by atoms with Gasteiger partial charge < -0.3 is 0 Å². The van der Waals surface area contributed by atoms with Gasteiger partial charge in [-0.2, -0.15) is 21.6 Å². The molecule has 2 bridgehead atoms. The Morgan fingerprint density at radius 2 is 1.74 bits per heavy atom. The maximum atomic E-state index is 12.5. The third kappa shape index (κ3) is 2.21. The number of fused-ring (bicyclic) bond motifs is 3. The number of hydrogen-bond donors (Lipinski definition) is 0. The fourth-order valence-corrected chi connectivity index (χ4v) is 4.41. The highest BCUT2D eigenvalue weighted by Crippen LogP contribution is 2.55. The molecule has 3 fully saturated rings. The first-order valence-corrected chi connectivity index (χ1v) is 7.81. The van der Waals surface area contributed by atoms with Crippen LogP contribution in [0.3, 0.4) is 0 Å². The number of rotatable bonds is 2. The van der Waals surface area contributed by atoms with Gasteiger partial charge in [-0.15, -0.1) is 0 Å². The Morgan fingerprint density at radius 3 is 2.16 bits per heavy atom. The molecule has 0 aliphatic heterocycles. The highest BCUT2D eigenvalue weighted by atomic mass is 32.2. The zero-order chi connectivity index (χ0) is 14.7. The van der Waals surface area contributed by atoms with Gasteiger partial charge in [0.2, 0.25) is 0 Å². The third-order valence-electron chi connectivity index (χ3n) is 4.37. The molecule has 0 atom stereocenters. The van der Waals surface area contributed by atoms with Crippen LogP contribution in [-0.2, 0) is 14.3 Å². The molecule has 0 saturated heterocycles. The molecule has 3 aliphatic carbocycles. The van der Waals surface area contributed by atoms with Gasteiger partial charge in [0.05, 0.1) is 0 Å². The second kappa shape index (κ2) is 4.14. The van der Waals surface area contributed by atoms with Gasteiger partial charge in [0, 0.05) is 10.3 Å². The van der Waals surface area contributed by atoms with Crippen molar-refractivity contribution in [3.8, 4) is 0 Å². The number of hydrogen-bond acceptors (Lipinski definition) is 4. The van der Waals surface area contributed by atoms with Crippen LogP contribution in [0.5, 0.6) is 0 Å². The van der Waals surface area contributed by atoms with Crippen molar-refractivity contribution in [2.75, 3.05) is 0 Å². The molecule has 0 N–H and O–H groups in total. The molecular weight excluding hydrogens is 301 g/mol. The van der Waals surface area contributed by atoms with E-state index in [2.05, 4.69) is 4.18 Å². The summed E-state index contributed by atoms with van der Waals surface area (Å²) < 4.78 is 64.5. The zero-order valence-electron chi connectivity index (χ0n) is 10.6. The maximum Gasteiger partial charge on any atom is 0.523 e. The Hall–Kier alpha value is -0.210. The van der Waals surface area contributed by atoms with E-state index in [-0.39, 0.29) is 12.8 Å². The van der Waals surface area contributed by atoms with Gasteiger partial charge in [-0.25, -0.2) is 0 Å². The van der Waals surface area contributed by atoms with E-state index in [4.69, 9.17) is 12.2 Å². The Labute approximate surface area is 115 Å². The summed E-state index contributed by atoms with van der Waals surface area (Å²) in [6, 6.07) is 0. The molecule has 3 aliphatic rings. The molecule has 0 aromatic heterocycles. The predicted molar refractivity (Wildman–Crippen MR) is 67.1 cm³/mol. The van der Waals surface area contributed by atoms with Crippen molar-refractivity contribution in [3.05, 3.63) is 0 Å². The van der Waals surface area contributed by atoms with Crippen LogP contribution in [0.4, 0.5) is 13.2 Å². The minimum atomic E-state index is -5.61.